The summed E-state index contributed by atoms with van der Waals surface area (Å²) in [6.45, 7) is 2.05. The molecule has 1 aromatic heterocycles. The first kappa shape index (κ1) is 16.4. The number of hydrogen-bond donors (Lipinski definition) is 1. The first-order valence-electron chi connectivity index (χ1n) is 7.83. The van der Waals surface area contributed by atoms with E-state index in [1.54, 1.807) is 16.8 Å². The standard InChI is InChI=1S/C18H21BrN2O2/c1-20-9-7-18(23,8-10-20)13-21-12-16(19)15(11-17(21)22)14-5-3-2-4-6-14/h2-6,11-12,23H,7-10,13H2,1H3. The zero-order valence-corrected chi connectivity index (χ0v) is 14.8. The van der Waals surface area contributed by atoms with Crippen molar-refractivity contribution in [2.45, 2.75) is 25.0 Å². The average molecular weight is 377 g/mol. The Morgan fingerprint density at radius 2 is 1.87 bits per heavy atom. The lowest BCUT2D eigenvalue weighted by Gasteiger charge is -2.36. The van der Waals surface area contributed by atoms with Gasteiger partial charge < -0.3 is 14.6 Å². The fraction of sp³-hybridized carbons (Fsp3) is 0.389. The maximum Gasteiger partial charge on any atom is 0.251 e. The van der Waals surface area contributed by atoms with E-state index in [9.17, 15) is 9.90 Å². The molecule has 0 aliphatic carbocycles. The van der Waals surface area contributed by atoms with E-state index in [0.29, 0.717) is 19.4 Å². The summed E-state index contributed by atoms with van der Waals surface area (Å²) in [5, 5.41) is 10.7. The highest BCUT2D eigenvalue weighted by Crippen LogP contribution is 2.28. The molecule has 23 heavy (non-hydrogen) atoms. The predicted octanol–water partition coefficient (Wildman–Crippen LogP) is 2.73. The number of aromatic nitrogens is 1. The summed E-state index contributed by atoms with van der Waals surface area (Å²) in [5.41, 5.74) is 0.993. The number of piperidine rings is 1. The normalized spacial score (nSPS) is 18.0. The van der Waals surface area contributed by atoms with Gasteiger partial charge in [0.15, 0.2) is 0 Å². The van der Waals surface area contributed by atoms with E-state index in [2.05, 4.69) is 27.9 Å². The highest BCUT2D eigenvalue weighted by atomic mass is 79.9. The number of nitrogens with zero attached hydrogens (tertiary/aromatic N) is 2. The number of rotatable bonds is 3. The van der Waals surface area contributed by atoms with E-state index in [1.807, 2.05) is 30.3 Å². The molecule has 4 nitrogen and oxygen atoms in total. The molecular formula is C18H21BrN2O2. The van der Waals surface area contributed by atoms with Crippen LogP contribution in [0.2, 0.25) is 0 Å². The lowest BCUT2D eigenvalue weighted by molar-refractivity contribution is -0.0297. The Morgan fingerprint density at radius 3 is 2.52 bits per heavy atom. The van der Waals surface area contributed by atoms with Crippen molar-refractivity contribution in [3.05, 3.63) is 57.4 Å². The quantitative estimate of drug-likeness (QED) is 0.895. The van der Waals surface area contributed by atoms with Crippen molar-refractivity contribution < 1.29 is 5.11 Å². The molecule has 0 bridgehead atoms. The third-order valence-electron chi connectivity index (χ3n) is 4.54. The lowest BCUT2D eigenvalue weighted by Crippen LogP contribution is -2.46. The average Bonchev–Trinajstić information content (AvgIpc) is 2.54. The molecule has 1 aromatic carbocycles. The van der Waals surface area contributed by atoms with Gasteiger partial charge in [0.1, 0.15) is 0 Å². The zero-order chi connectivity index (χ0) is 16.4. The minimum absolute atomic E-state index is 0.0839. The topological polar surface area (TPSA) is 45.5 Å². The number of hydrogen-bond acceptors (Lipinski definition) is 3. The maximum atomic E-state index is 12.5. The van der Waals surface area contributed by atoms with Gasteiger partial charge in [-0.1, -0.05) is 30.3 Å². The number of halogens is 1. The molecule has 2 heterocycles. The molecule has 1 fully saturated rings. The van der Waals surface area contributed by atoms with Crippen LogP contribution in [0.15, 0.2) is 51.9 Å². The van der Waals surface area contributed by atoms with Crippen LogP contribution in [0.4, 0.5) is 0 Å². The summed E-state index contributed by atoms with van der Waals surface area (Å²) < 4.78 is 2.47. The van der Waals surface area contributed by atoms with Crippen molar-refractivity contribution in [1.29, 1.82) is 0 Å². The Bertz CT molecular complexity index is 734. The van der Waals surface area contributed by atoms with Crippen LogP contribution in [0.5, 0.6) is 0 Å². The summed E-state index contributed by atoms with van der Waals surface area (Å²) in [6.07, 6.45) is 3.17. The lowest BCUT2D eigenvalue weighted by atomic mass is 9.91. The second kappa shape index (κ2) is 6.59. The van der Waals surface area contributed by atoms with E-state index in [-0.39, 0.29) is 5.56 Å². The van der Waals surface area contributed by atoms with Gasteiger partial charge in [-0.25, -0.2) is 0 Å². The van der Waals surface area contributed by atoms with Crippen LogP contribution in [0.25, 0.3) is 11.1 Å². The summed E-state index contributed by atoms with van der Waals surface area (Å²) in [4.78, 5) is 14.7. The van der Waals surface area contributed by atoms with E-state index in [4.69, 9.17) is 0 Å². The number of likely N-dealkylation sites (tertiary alicyclic amines) is 1. The largest absolute Gasteiger partial charge is 0.388 e. The maximum absolute atomic E-state index is 12.5. The molecule has 1 saturated heterocycles. The summed E-state index contributed by atoms with van der Waals surface area (Å²) >= 11 is 3.56. The van der Waals surface area contributed by atoms with Crippen molar-refractivity contribution in [1.82, 2.24) is 9.47 Å². The molecule has 0 radical (unpaired) electrons. The van der Waals surface area contributed by atoms with Gasteiger partial charge in [0.25, 0.3) is 5.56 Å². The number of aliphatic hydroxyl groups is 1. The number of benzene rings is 1. The second-order valence-electron chi connectivity index (χ2n) is 6.39. The van der Waals surface area contributed by atoms with Crippen LogP contribution in [0.1, 0.15) is 12.8 Å². The van der Waals surface area contributed by atoms with Gasteiger partial charge in [-0.2, -0.15) is 0 Å². The molecule has 1 N–H and O–H groups in total. The SMILES string of the molecule is CN1CCC(O)(Cn2cc(Br)c(-c3ccccc3)cc2=O)CC1. The van der Waals surface area contributed by atoms with Crippen LogP contribution < -0.4 is 5.56 Å². The molecule has 2 aromatic rings. The molecule has 0 unspecified atom stereocenters. The Morgan fingerprint density at radius 1 is 1.22 bits per heavy atom. The Balaban J connectivity index is 1.88. The van der Waals surface area contributed by atoms with Crippen molar-refractivity contribution in [3.63, 3.8) is 0 Å². The Labute approximate surface area is 144 Å². The van der Waals surface area contributed by atoms with Crippen LogP contribution in [-0.2, 0) is 6.54 Å². The molecular weight excluding hydrogens is 356 g/mol. The van der Waals surface area contributed by atoms with Crippen molar-refractivity contribution in [3.8, 4) is 11.1 Å². The van der Waals surface area contributed by atoms with E-state index in [0.717, 1.165) is 28.7 Å². The second-order valence-corrected chi connectivity index (χ2v) is 7.25. The van der Waals surface area contributed by atoms with Gasteiger partial charge in [-0.3, -0.25) is 4.79 Å². The highest BCUT2D eigenvalue weighted by Gasteiger charge is 2.31. The Hall–Kier alpha value is -1.43. The fourth-order valence-corrected chi connectivity index (χ4v) is 3.61. The van der Waals surface area contributed by atoms with Crippen LogP contribution >= 0.6 is 15.9 Å². The smallest absolute Gasteiger partial charge is 0.251 e. The molecule has 0 amide bonds. The third-order valence-corrected chi connectivity index (χ3v) is 5.18. The van der Waals surface area contributed by atoms with Crippen molar-refractivity contribution >= 4 is 15.9 Å². The van der Waals surface area contributed by atoms with Crippen molar-refractivity contribution in [2.75, 3.05) is 20.1 Å². The van der Waals surface area contributed by atoms with Gasteiger partial charge in [-0.15, -0.1) is 0 Å². The molecule has 1 aliphatic heterocycles. The summed E-state index contributed by atoms with van der Waals surface area (Å²) in [7, 11) is 2.05. The minimum atomic E-state index is -0.802. The van der Waals surface area contributed by atoms with Crippen molar-refractivity contribution in [2.24, 2.45) is 0 Å². The predicted molar refractivity (Wildman–Crippen MR) is 95.5 cm³/mol. The molecule has 0 atom stereocenters. The third kappa shape index (κ3) is 3.74. The van der Waals surface area contributed by atoms with E-state index in [1.165, 1.54) is 0 Å². The van der Waals surface area contributed by atoms with Gasteiger partial charge in [-0.05, 0) is 41.4 Å². The van der Waals surface area contributed by atoms with E-state index < -0.39 is 5.60 Å². The minimum Gasteiger partial charge on any atom is -0.388 e. The number of pyridine rings is 1. The fourth-order valence-electron chi connectivity index (χ4n) is 3.02. The Kier molecular flexibility index (Phi) is 4.71. The molecule has 5 heteroatoms. The van der Waals surface area contributed by atoms with E-state index >= 15 is 0 Å². The summed E-state index contributed by atoms with van der Waals surface area (Å²) in [6, 6.07) is 11.5. The summed E-state index contributed by atoms with van der Waals surface area (Å²) in [5.74, 6) is 0. The molecule has 0 saturated carbocycles. The van der Waals surface area contributed by atoms with Crippen LogP contribution in [0, 0.1) is 0 Å². The first-order chi connectivity index (χ1) is 11.0. The molecule has 3 rings (SSSR count). The zero-order valence-electron chi connectivity index (χ0n) is 13.2. The first-order valence-corrected chi connectivity index (χ1v) is 8.62. The monoisotopic (exact) mass is 376 g/mol. The van der Waals surface area contributed by atoms with Crippen LogP contribution in [0.3, 0.4) is 0 Å². The van der Waals surface area contributed by atoms with Crippen LogP contribution in [-0.4, -0.2) is 40.3 Å². The van der Waals surface area contributed by atoms with Gasteiger partial charge in [0.05, 0.1) is 12.1 Å². The van der Waals surface area contributed by atoms with Gasteiger partial charge >= 0.3 is 0 Å². The molecule has 0 spiro atoms. The van der Waals surface area contributed by atoms with Gasteiger partial charge in [0.2, 0.25) is 0 Å². The molecule has 122 valence electrons. The van der Waals surface area contributed by atoms with Gasteiger partial charge in [0, 0.05) is 35.4 Å². The molecule has 1 aliphatic rings. The highest BCUT2D eigenvalue weighted by molar-refractivity contribution is 9.10.